The molecule has 0 atom stereocenters. The number of rotatable bonds is 6. The maximum atomic E-state index is 12.6. The van der Waals surface area contributed by atoms with Crippen LogP contribution in [0.2, 0.25) is 0 Å². The minimum atomic E-state index is -3.69. The van der Waals surface area contributed by atoms with Crippen molar-refractivity contribution in [3.63, 3.8) is 0 Å². The van der Waals surface area contributed by atoms with Crippen LogP contribution < -0.4 is 0 Å². The number of carbonyl (C=O) groups is 1. The van der Waals surface area contributed by atoms with Crippen LogP contribution in [0.25, 0.3) is 0 Å². The summed E-state index contributed by atoms with van der Waals surface area (Å²) in [6.07, 6.45) is 2.07. The lowest BCUT2D eigenvalue weighted by atomic mass is 10.1. The summed E-state index contributed by atoms with van der Waals surface area (Å²) in [6.45, 7) is 3.98. The molecular formula is C15H22N2O4S. The molecule has 0 heterocycles. The molecule has 1 aromatic rings. The van der Waals surface area contributed by atoms with Crippen LogP contribution in [-0.2, 0) is 14.9 Å². The maximum Gasteiger partial charge on any atom is 0.264 e. The van der Waals surface area contributed by atoms with Gasteiger partial charge in [0.15, 0.2) is 0 Å². The Balaban J connectivity index is 2.23. The Labute approximate surface area is 131 Å². The summed E-state index contributed by atoms with van der Waals surface area (Å²) in [6, 6.07) is 6.42. The Morgan fingerprint density at radius 3 is 2.18 bits per heavy atom. The summed E-state index contributed by atoms with van der Waals surface area (Å²) in [5.74, 6) is -0.0541. The first-order valence-electron chi connectivity index (χ1n) is 7.24. The third kappa shape index (κ3) is 3.31. The van der Waals surface area contributed by atoms with E-state index in [0.29, 0.717) is 11.6 Å². The summed E-state index contributed by atoms with van der Waals surface area (Å²) in [5.41, 5.74) is 0.500. The number of benzene rings is 1. The smallest absolute Gasteiger partial charge is 0.264 e. The number of hydrogen-bond donors (Lipinski definition) is 0. The van der Waals surface area contributed by atoms with Gasteiger partial charge >= 0.3 is 0 Å². The zero-order chi connectivity index (χ0) is 16.5. The fraction of sp³-hybridized carbons (Fsp3) is 0.533. The second kappa shape index (κ2) is 6.36. The van der Waals surface area contributed by atoms with E-state index in [4.69, 9.17) is 4.84 Å². The van der Waals surface area contributed by atoms with Crippen LogP contribution in [0.15, 0.2) is 29.2 Å². The first-order chi connectivity index (χ1) is 10.3. The summed E-state index contributed by atoms with van der Waals surface area (Å²) >= 11 is 0. The molecule has 0 saturated heterocycles. The van der Waals surface area contributed by atoms with Gasteiger partial charge in [0.25, 0.3) is 15.9 Å². The molecule has 0 radical (unpaired) electrons. The third-order valence-corrected chi connectivity index (χ3v) is 5.42. The Bertz CT molecular complexity index is 634. The van der Waals surface area contributed by atoms with Crippen molar-refractivity contribution in [3.8, 4) is 0 Å². The van der Waals surface area contributed by atoms with Crippen LogP contribution >= 0.6 is 0 Å². The Hall–Kier alpha value is -1.44. The Morgan fingerprint density at radius 1 is 1.23 bits per heavy atom. The molecule has 1 amide bonds. The van der Waals surface area contributed by atoms with E-state index in [2.05, 4.69) is 0 Å². The van der Waals surface area contributed by atoms with Gasteiger partial charge in [0.1, 0.15) is 0 Å². The highest BCUT2D eigenvalue weighted by atomic mass is 32.2. The third-order valence-electron chi connectivity index (χ3n) is 3.73. The molecule has 1 aliphatic carbocycles. The summed E-state index contributed by atoms with van der Waals surface area (Å²) in [7, 11) is -1.08. The largest absolute Gasteiger partial charge is 0.333 e. The number of hydroxylamine groups is 1. The fourth-order valence-corrected chi connectivity index (χ4v) is 3.31. The summed E-state index contributed by atoms with van der Waals surface area (Å²) in [5, 5.41) is 0. The lowest BCUT2D eigenvalue weighted by molar-refractivity contribution is -0.0258. The van der Waals surface area contributed by atoms with Crippen LogP contribution in [0.5, 0.6) is 0 Å². The number of hydrogen-bond acceptors (Lipinski definition) is 4. The first-order valence-corrected chi connectivity index (χ1v) is 8.68. The molecule has 6 nitrogen and oxygen atoms in total. The average molecular weight is 326 g/mol. The van der Waals surface area contributed by atoms with Crippen LogP contribution in [-0.4, -0.2) is 49.9 Å². The first kappa shape index (κ1) is 16.9. The molecule has 1 fully saturated rings. The van der Waals surface area contributed by atoms with E-state index in [-0.39, 0.29) is 16.8 Å². The molecule has 0 aromatic heterocycles. The van der Waals surface area contributed by atoms with E-state index in [9.17, 15) is 13.2 Å². The van der Waals surface area contributed by atoms with Crippen molar-refractivity contribution in [1.82, 2.24) is 9.37 Å². The highest BCUT2D eigenvalue weighted by Gasteiger charge is 2.34. The quantitative estimate of drug-likeness (QED) is 0.749. The topological polar surface area (TPSA) is 66.9 Å². The van der Waals surface area contributed by atoms with Gasteiger partial charge in [-0.3, -0.25) is 9.63 Å². The van der Waals surface area contributed by atoms with E-state index in [0.717, 1.165) is 17.3 Å². The van der Waals surface area contributed by atoms with E-state index >= 15 is 0 Å². The van der Waals surface area contributed by atoms with Gasteiger partial charge in [-0.05, 0) is 51.0 Å². The van der Waals surface area contributed by atoms with Gasteiger partial charge in [0.05, 0.1) is 12.0 Å². The number of amides is 1. The van der Waals surface area contributed by atoms with Gasteiger partial charge < -0.3 is 4.90 Å². The standard InChI is InChI=1S/C15H22N2O4S/c1-11(2)17(13-7-8-13)15(18)12-5-9-14(10-6-12)22(19,20)16(3)21-4/h5-6,9-11,13H,7-8H2,1-4H3. The monoisotopic (exact) mass is 326 g/mol. The zero-order valence-corrected chi connectivity index (χ0v) is 14.1. The molecule has 1 aromatic carbocycles. The fourth-order valence-electron chi connectivity index (χ4n) is 2.34. The van der Waals surface area contributed by atoms with E-state index in [1.165, 1.54) is 26.3 Å². The molecule has 0 bridgehead atoms. The second-order valence-corrected chi connectivity index (χ2v) is 7.59. The van der Waals surface area contributed by atoms with Gasteiger partial charge in [-0.1, -0.05) is 4.47 Å². The van der Waals surface area contributed by atoms with Crippen LogP contribution in [0.3, 0.4) is 0 Å². The van der Waals surface area contributed by atoms with Crippen molar-refractivity contribution < 1.29 is 18.0 Å². The van der Waals surface area contributed by atoms with Crippen molar-refractivity contribution in [2.24, 2.45) is 0 Å². The predicted octanol–water partition coefficient (Wildman–Crippen LogP) is 1.88. The molecule has 0 aliphatic heterocycles. The highest BCUT2D eigenvalue weighted by Crippen LogP contribution is 2.30. The van der Waals surface area contributed by atoms with Crippen LogP contribution in [0.4, 0.5) is 0 Å². The minimum absolute atomic E-state index is 0.0541. The maximum absolute atomic E-state index is 12.6. The van der Waals surface area contributed by atoms with E-state index in [1.54, 1.807) is 12.1 Å². The second-order valence-electron chi connectivity index (χ2n) is 5.66. The van der Waals surface area contributed by atoms with Gasteiger partial charge in [-0.2, -0.15) is 0 Å². The minimum Gasteiger partial charge on any atom is -0.333 e. The number of sulfonamides is 1. The van der Waals surface area contributed by atoms with Gasteiger partial charge in [-0.25, -0.2) is 8.42 Å². The average Bonchev–Trinajstić information content (AvgIpc) is 3.30. The highest BCUT2D eigenvalue weighted by molar-refractivity contribution is 7.89. The molecule has 1 aliphatic rings. The summed E-state index contributed by atoms with van der Waals surface area (Å²) in [4.78, 5) is 19.2. The lowest BCUT2D eigenvalue weighted by Crippen LogP contribution is -2.38. The lowest BCUT2D eigenvalue weighted by Gasteiger charge is -2.26. The number of carbonyl (C=O) groups excluding carboxylic acids is 1. The van der Waals surface area contributed by atoms with Gasteiger partial charge in [0, 0.05) is 24.7 Å². The van der Waals surface area contributed by atoms with Crippen LogP contribution in [0.1, 0.15) is 37.0 Å². The molecule has 122 valence electrons. The molecule has 22 heavy (non-hydrogen) atoms. The van der Waals surface area contributed by atoms with Crippen molar-refractivity contribution in [2.45, 2.75) is 43.7 Å². The van der Waals surface area contributed by atoms with Crippen LogP contribution in [0, 0.1) is 0 Å². The molecule has 7 heteroatoms. The van der Waals surface area contributed by atoms with Crippen molar-refractivity contribution in [3.05, 3.63) is 29.8 Å². The van der Waals surface area contributed by atoms with E-state index in [1.807, 2.05) is 18.7 Å². The van der Waals surface area contributed by atoms with Gasteiger partial charge in [-0.15, -0.1) is 0 Å². The van der Waals surface area contributed by atoms with Crippen molar-refractivity contribution in [2.75, 3.05) is 14.2 Å². The molecule has 0 unspecified atom stereocenters. The normalized spacial score (nSPS) is 15.4. The predicted molar refractivity (Wildman–Crippen MR) is 82.7 cm³/mol. The SMILES string of the molecule is CON(C)S(=O)(=O)c1ccc(C(=O)N(C(C)C)C2CC2)cc1. The zero-order valence-electron chi connectivity index (χ0n) is 13.3. The van der Waals surface area contributed by atoms with E-state index < -0.39 is 10.0 Å². The molecule has 0 spiro atoms. The summed E-state index contributed by atoms with van der Waals surface area (Å²) < 4.78 is 25.0. The molecule has 2 rings (SSSR count). The molecular weight excluding hydrogens is 304 g/mol. The molecule has 1 saturated carbocycles. The van der Waals surface area contributed by atoms with Crippen molar-refractivity contribution in [1.29, 1.82) is 0 Å². The van der Waals surface area contributed by atoms with Crippen molar-refractivity contribution >= 4 is 15.9 Å². The molecule has 0 N–H and O–H groups in total. The van der Waals surface area contributed by atoms with Gasteiger partial charge in [0.2, 0.25) is 0 Å². The number of nitrogens with zero attached hydrogens (tertiary/aromatic N) is 2. The Kier molecular flexibility index (Phi) is 4.89. The Morgan fingerprint density at radius 2 is 1.77 bits per heavy atom.